The van der Waals surface area contributed by atoms with E-state index in [0.29, 0.717) is 11.2 Å². The lowest BCUT2D eigenvalue weighted by molar-refractivity contribution is 0.00975. The number of pyridine rings is 1. The first-order valence-corrected chi connectivity index (χ1v) is 8.66. The molecule has 2 aromatic carbocycles. The van der Waals surface area contributed by atoms with E-state index >= 15 is 0 Å². The van der Waals surface area contributed by atoms with Gasteiger partial charge in [-0.3, -0.25) is 0 Å². The molecular formula is C20H19ClN2O. The van der Waals surface area contributed by atoms with Crippen molar-refractivity contribution in [1.82, 2.24) is 4.98 Å². The molecule has 4 heteroatoms. The number of hydrogen-bond acceptors (Lipinski definition) is 3. The van der Waals surface area contributed by atoms with Crippen molar-refractivity contribution in [2.24, 2.45) is 0 Å². The fraction of sp³-hybridized carbons (Fsp3) is 0.250. The molecule has 0 radical (unpaired) electrons. The number of nitrogens with one attached hydrogen (secondary N) is 1. The van der Waals surface area contributed by atoms with Crippen LogP contribution in [0.15, 0.2) is 60.7 Å². The summed E-state index contributed by atoms with van der Waals surface area (Å²) in [5.41, 5.74) is 1.23. The van der Waals surface area contributed by atoms with Gasteiger partial charge in [-0.15, -0.1) is 0 Å². The first-order chi connectivity index (χ1) is 11.8. The van der Waals surface area contributed by atoms with Gasteiger partial charge in [0.2, 0.25) is 0 Å². The maximum Gasteiger partial charge on any atom is 0.139 e. The number of rotatable bonds is 3. The molecule has 0 amide bonds. The SMILES string of the molecule is Clc1nc(NC2CCOC(c3ccccc3)C2)cc2ccccc12. The second-order valence-electron chi connectivity index (χ2n) is 6.16. The normalized spacial score (nSPS) is 20.9. The Morgan fingerprint density at radius 2 is 1.83 bits per heavy atom. The minimum atomic E-state index is 0.133. The van der Waals surface area contributed by atoms with E-state index in [4.69, 9.17) is 16.3 Å². The third-order valence-corrected chi connectivity index (χ3v) is 4.79. The number of benzene rings is 2. The van der Waals surface area contributed by atoms with Crippen molar-refractivity contribution < 1.29 is 4.74 Å². The molecule has 122 valence electrons. The molecule has 2 atom stereocenters. The number of aromatic nitrogens is 1. The van der Waals surface area contributed by atoms with Gasteiger partial charge in [-0.2, -0.15) is 0 Å². The minimum absolute atomic E-state index is 0.133. The molecule has 0 spiro atoms. The summed E-state index contributed by atoms with van der Waals surface area (Å²) in [5, 5.41) is 6.17. The Morgan fingerprint density at radius 1 is 1.04 bits per heavy atom. The van der Waals surface area contributed by atoms with Crippen molar-refractivity contribution >= 4 is 28.2 Å². The molecule has 24 heavy (non-hydrogen) atoms. The summed E-state index contributed by atoms with van der Waals surface area (Å²) in [4.78, 5) is 4.51. The summed E-state index contributed by atoms with van der Waals surface area (Å²) >= 11 is 6.33. The molecular weight excluding hydrogens is 320 g/mol. The van der Waals surface area contributed by atoms with Crippen LogP contribution >= 0.6 is 11.6 Å². The van der Waals surface area contributed by atoms with Crippen molar-refractivity contribution in [1.29, 1.82) is 0 Å². The van der Waals surface area contributed by atoms with Crippen molar-refractivity contribution in [2.45, 2.75) is 25.0 Å². The molecule has 1 saturated heterocycles. The van der Waals surface area contributed by atoms with Crippen molar-refractivity contribution in [2.75, 3.05) is 11.9 Å². The van der Waals surface area contributed by atoms with Gasteiger partial charge in [-0.1, -0.05) is 66.2 Å². The number of halogens is 1. The van der Waals surface area contributed by atoms with E-state index in [1.54, 1.807) is 0 Å². The zero-order valence-electron chi connectivity index (χ0n) is 13.3. The molecule has 1 N–H and O–H groups in total. The highest BCUT2D eigenvalue weighted by atomic mass is 35.5. The molecule has 1 aliphatic rings. The number of nitrogens with zero attached hydrogens (tertiary/aromatic N) is 1. The lowest BCUT2D eigenvalue weighted by Crippen LogP contribution is -2.30. The maximum absolute atomic E-state index is 6.33. The fourth-order valence-corrected chi connectivity index (χ4v) is 3.53. The summed E-state index contributed by atoms with van der Waals surface area (Å²) in [6.07, 6.45) is 2.03. The Hall–Kier alpha value is -2.10. The summed E-state index contributed by atoms with van der Waals surface area (Å²) in [6.45, 7) is 0.749. The quantitative estimate of drug-likeness (QED) is 0.665. The predicted octanol–water partition coefficient (Wildman–Crippen LogP) is 5.22. The van der Waals surface area contributed by atoms with Gasteiger partial charge >= 0.3 is 0 Å². The number of fused-ring (bicyclic) bond motifs is 1. The number of hydrogen-bond donors (Lipinski definition) is 1. The van der Waals surface area contributed by atoms with Gasteiger partial charge < -0.3 is 10.1 Å². The van der Waals surface area contributed by atoms with Crippen molar-refractivity contribution in [3.8, 4) is 0 Å². The van der Waals surface area contributed by atoms with E-state index in [0.717, 1.165) is 36.0 Å². The summed E-state index contributed by atoms with van der Waals surface area (Å²) in [5.74, 6) is 0.831. The Kier molecular flexibility index (Phi) is 4.37. The van der Waals surface area contributed by atoms with Crippen LogP contribution in [-0.4, -0.2) is 17.6 Å². The molecule has 3 aromatic rings. The van der Waals surface area contributed by atoms with Gasteiger partial charge in [0.25, 0.3) is 0 Å². The van der Waals surface area contributed by atoms with Crippen molar-refractivity contribution in [3.63, 3.8) is 0 Å². The van der Waals surface area contributed by atoms with Crippen LogP contribution in [0.3, 0.4) is 0 Å². The summed E-state index contributed by atoms with van der Waals surface area (Å²) in [6, 6.07) is 20.8. The topological polar surface area (TPSA) is 34.2 Å². The second kappa shape index (κ2) is 6.80. The third kappa shape index (κ3) is 3.23. The van der Waals surface area contributed by atoms with Gasteiger partial charge in [0, 0.05) is 18.0 Å². The van der Waals surface area contributed by atoms with Crippen LogP contribution in [0.1, 0.15) is 24.5 Å². The van der Waals surface area contributed by atoms with E-state index in [-0.39, 0.29) is 6.10 Å². The highest BCUT2D eigenvalue weighted by molar-refractivity contribution is 6.34. The van der Waals surface area contributed by atoms with Crippen LogP contribution in [0.25, 0.3) is 10.8 Å². The van der Waals surface area contributed by atoms with E-state index < -0.39 is 0 Å². The largest absolute Gasteiger partial charge is 0.373 e. The average Bonchev–Trinajstić information content (AvgIpc) is 2.63. The molecule has 1 aromatic heterocycles. The Balaban J connectivity index is 1.53. The minimum Gasteiger partial charge on any atom is -0.373 e. The van der Waals surface area contributed by atoms with E-state index in [1.807, 2.05) is 24.3 Å². The van der Waals surface area contributed by atoms with E-state index in [9.17, 15) is 0 Å². The highest BCUT2D eigenvalue weighted by Crippen LogP contribution is 2.30. The molecule has 2 unspecified atom stereocenters. The fourth-order valence-electron chi connectivity index (χ4n) is 3.27. The maximum atomic E-state index is 6.33. The molecule has 1 fully saturated rings. The highest BCUT2D eigenvalue weighted by Gasteiger charge is 2.24. The third-order valence-electron chi connectivity index (χ3n) is 4.50. The van der Waals surface area contributed by atoms with E-state index in [2.05, 4.69) is 46.7 Å². The summed E-state index contributed by atoms with van der Waals surface area (Å²) < 4.78 is 5.94. The van der Waals surface area contributed by atoms with Crippen LogP contribution < -0.4 is 5.32 Å². The monoisotopic (exact) mass is 338 g/mol. The Bertz CT molecular complexity index is 837. The van der Waals surface area contributed by atoms with Crippen LogP contribution in [0.2, 0.25) is 5.15 Å². The average molecular weight is 339 g/mol. The van der Waals surface area contributed by atoms with Crippen LogP contribution in [0.4, 0.5) is 5.82 Å². The molecule has 3 nitrogen and oxygen atoms in total. The number of ether oxygens (including phenoxy) is 1. The van der Waals surface area contributed by atoms with E-state index in [1.165, 1.54) is 5.56 Å². The predicted molar refractivity (Wildman–Crippen MR) is 98.5 cm³/mol. The van der Waals surface area contributed by atoms with Gasteiger partial charge in [0.05, 0.1) is 6.10 Å². The van der Waals surface area contributed by atoms with Crippen LogP contribution in [-0.2, 0) is 4.74 Å². The lowest BCUT2D eigenvalue weighted by atomic mass is 9.97. The molecule has 1 aliphatic heterocycles. The first kappa shape index (κ1) is 15.4. The van der Waals surface area contributed by atoms with Crippen LogP contribution in [0.5, 0.6) is 0 Å². The van der Waals surface area contributed by atoms with Gasteiger partial charge in [0.1, 0.15) is 11.0 Å². The zero-order chi connectivity index (χ0) is 16.4. The lowest BCUT2D eigenvalue weighted by Gasteiger charge is -2.30. The van der Waals surface area contributed by atoms with Crippen LogP contribution in [0, 0.1) is 0 Å². The molecule has 4 rings (SSSR count). The molecule has 2 heterocycles. The Morgan fingerprint density at radius 3 is 2.71 bits per heavy atom. The smallest absolute Gasteiger partial charge is 0.139 e. The first-order valence-electron chi connectivity index (χ1n) is 8.28. The number of anilines is 1. The molecule has 0 bridgehead atoms. The second-order valence-corrected chi connectivity index (χ2v) is 6.51. The Labute approximate surface area is 146 Å². The zero-order valence-corrected chi connectivity index (χ0v) is 14.0. The van der Waals surface area contributed by atoms with Gasteiger partial charge in [-0.25, -0.2) is 4.98 Å². The molecule has 0 saturated carbocycles. The summed E-state index contributed by atoms with van der Waals surface area (Å²) in [7, 11) is 0. The van der Waals surface area contributed by atoms with Gasteiger partial charge in [-0.05, 0) is 29.9 Å². The standard InChI is InChI=1S/C20H19ClN2O/c21-20-17-9-5-4-8-15(17)12-19(23-20)22-16-10-11-24-18(13-16)14-6-2-1-3-7-14/h1-9,12,16,18H,10-11,13H2,(H,22,23). The van der Waals surface area contributed by atoms with Gasteiger partial charge in [0.15, 0.2) is 0 Å². The molecule has 0 aliphatic carbocycles. The van der Waals surface area contributed by atoms with Crippen molar-refractivity contribution in [3.05, 3.63) is 71.4 Å².